The number of nitrogens with one attached hydrogen (secondary N) is 1. The van der Waals surface area contributed by atoms with Crippen LogP contribution in [-0.2, 0) is 9.59 Å². The predicted molar refractivity (Wildman–Crippen MR) is 121 cm³/mol. The molecule has 0 radical (unpaired) electrons. The van der Waals surface area contributed by atoms with Crippen molar-refractivity contribution >= 4 is 17.5 Å². The Bertz CT molecular complexity index is 951. The molecule has 6 aliphatic rings. The van der Waals surface area contributed by atoms with Crippen molar-refractivity contribution in [3.8, 4) is 6.07 Å². The Hall–Kier alpha value is -2.39. The van der Waals surface area contributed by atoms with Gasteiger partial charge in [-0.1, -0.05) is 12.1 Å². The first-order chi connectivity index (χ1) is 15.6. The van der Waals surface area contributed by atoms with E-state index in [-0.39, 0.29) is 23.4 Å². The monoisotopic (exact) mass is 432 g/mol. The van der Waals surface area contributed by atoms with Crippen LogP contribution >= 0.6 is 0 Å². The lowest BCUT2D eigenvalue weighted by Crippen LogP contribution is -2.51. The molecule has 4 saturated carbocycles. The maximum Gasteiger partial charge on any atom is 0.237 e. The van der Waals surface area contributed by atoms with Crippen LogP contribution < -0.4 is 10.2 Å². The molecule has 32 heavy (non-hydrogen) atoms. The van der Waals surface area contributed by atoms with Crippen LogP contribution in [0.1, 0.15) is 62.8 Å². The lowest BCUT2D eigenvalue weighted by Gasteiger charge is -2.40. The van der Waals surface area contributed by atoms with Gasteiger partial charge in [0.15, 0.2) is 0 Å². The minimum atomic E-state index is -0.235. The standard InChI is InChI=1S/C26H32N4O2/c27-15-22-3-1-9-30(22)24(32)16-28-26-13-18-11-20(26)12-19(14-26)25(18)17-5-7-21(8-6-17)29-10-2-4-23(29)31/h5-8,18-20,22,25,28H,1-4,9-14,16H2/t18?,19?,20?,22-,25?,26?/m0/s1. The highest BCUT2D eigenvalue weighted by Crippen LogP contribution is 2.65. The van der Waals surface area contributed by atoms with Gasteiger partial charge in [-0.3, -0.25) is 9.59 Å². The molecule has 2 aliphatic heterocycles. The SMILES string of the molecule is N#C[C@@H]1CCCN1C(=O)CNC12CC3CC1CC(C2)C3c1ccc(N2CCCC2=O)cc1. The molecule has 4 aliphatic carbocycles. The fraction of sp³-hybridized carbons (Fsp3) is 0.654. The smallest absolute Gasteiger partial charge is 0.237 e. The quantitative estimate of drug-likeness (QED) is 0.775. The summed E-state index contributed by atoms with van der Waals surface area (Å²) < 4.78 is 0. The van der Waals surface area contributed by atoms with E-state index in [9.17, 15) is 14.9 Å². The van der Waals surface area contributed by atoms with Crippen LogP contribution in [0.4, 0.5) is 5.69 Å². The molecule has 2 heterocycles. The van der Waals surface area contributed by atoms with Crippen LogP contribution in [0.25, 0.3) is 0 Å². The summed E-state index contributed by atoms with van der Waals surface area (Å²) in [5, 5.41) is 13.0. The summed E-state index contributed by atoms with van der Waals surface area (Å²) in [6, 6.07) is 10.9. The molecule has 6 heteroatoms. The Balaban J connectivity index is 1.12. The fourth-order valence-corrected chi connectivity index (χ4v) is 7.91. The van der Waals surface area contributed by atoms with Gasteiger partial charge in [-0.05, 0) is 86.3 Å². The van der Waals surface area contributed by atoms with Crippen molar-refractivity contribution in [2.75, 3.05) is 24.5 Å². The molecule has 2 amide bonds. The number of carbonyl (C=O) groups excluding carboxylic acids is 2. The third-order valence-corrected chi connectivity index (χ3v) is 9.20. The minimum absolute atomic E-state index is 0.0956. The number of nitrogens with zero attached hydrogens (tertiary/aromatic N) is 3. The highest BCUT2D eigenvalue weighted by molar-refractivity contribution is 5.95. The molecule has 168 valence electrons. The van der Waals surface area contributed by atoms with E-state index in [1.54, 1.807) is 4.90 Å². The van der Waals surface area contributed by atoms with Crippen LogP contribution in [0.5, 0.6) is 0 Å². The Morgan fingerprint density at radius 2 is 1.88 bits per heavy atom. The Morgan fingerprint density at radius 3 is 2.53 bits per heavy atom. The first-order valence-corrected chi connectivity index (χ1v) is 12.4. The van der Waals surface area contributed by atoms with Gasteiger partial charge < -0.3 is 15.1 Å². The molecule has 2 saturated heterocycles. The van der Waals surface area contributed by atoms with Gasteiger partial charge in [0, 0.05) is 30.7 Å². The molecule has 2 unspecified atom stereocenters. The van der Waals surface area contributed by atoms with E-state index in [1.165, 1.54) is 18.4 Å². The zero-order valence-corrected chi connectivity index (χ0v) is 18.6. The summed E-state index contributed by atoms with van der Waals surface area (Å²) >= 11 is 0. The largest absolute Gasteiger partial charge is 0.326 e. The number of hydrogen-bond donors (Lipinski definition) is 1. The molecule has 7 rings (SSSR count). The van der Waals surface area contributed by atoms with Crippen molar-refractivity contribution in [3.63, 3.8) is 0 Å². The summed E-state index contributed by atoms with van der Waals surface area (Å²) in [6.45, 7) is 1.94. The summed E-state index contributed by atoms with van der Waals surface area (Å²) in [4.78, 5) is 28.5. The second-order valence-electron chi connectivity index (χ2n) is 10.7. The Morgan fingerprint density at radius 1 is 1.12 bits per heavy atom. The fourth-order valence-electron chi connectivity index (χ4n) is 7.91. The topological polar surface area (TPSA) is 76.4 Å². The first-order valence-electron chi connectivity index (χ1n) is 12.4. The van der Waals surface area contributed by atoms with E-state index in [0.717, 1.165) is 50.9 Å². The van der Waals surface area contributed by atoms with E-state index in [0.29, 0.717) is 36.6 Å². The van der Waals surface area contributed by atoms with Gasteiger partial charge in [0.25, 0.3) is 0 Å². The normalized spacial score (nSPS) is 37.5. The lowest BCUT2D eigenvalue weighted by atomic mass is 9.68. The van der Waals surface area contributed by atoms with Crippen LogP contribution in [0.3, 0.4) is 0 Å². The number of carbonyl (C=O) groups is 2. The third-order valence-electron chi connectivity index (χ3n) is 9.20. The van der Waals surface area contributed by atoms with Crippen LogP contribution in [0, 0.1) is 29.1 Å². The molecule has 6 fully saturated rings. The number of benzene rings is 1. The number of anilines is 1. The molecule has 0 aromatic heterocycles. The summed E-state index contributed by atoms with van der Waals surface area (Å²) in [6.07, 6.45) is 8.18. The Kier molecular flexibility index (Phi) is 4.80. The number of nitriles is 1. The van der Waals surface area contributed by atoms with Crippen molar-refractivity contribution in [1.82, 2.24) is 10.2 Å². The van der Waals surface area contributed by atoms with E-state index in [4.69, 9.17) is 0 Å². The molecular formula is C26H32N4O2. The first kappa shape index (κ1) is 20.2. The molecule has 3 atom stereocenters. The second kappa shape index (κ2) is 7.59. The van der Waals surface area contributed by atoms with Crippen molar-refractivity contribution in [2.24, 2.45) is 17.8 Å². The van der Waals surface area contributed by atoms with Crippen molar-refractivity contribution in [2.45, 2.75) is 68.9 Å². The van der Waals surface area contributed by atoms with Crippen LogP contribution in [0.15, 0.2) is 24.3 Å². The Labute approximate surface area is 189 Å². The number of likely N-dealkylation sites (tertiary alicyclic amines) is 1. The van der Waals surface area contributed by atoms with E-state index >= 15 is 0 Å². The molecule has 1 aromatic rings. The van der Waals surface area contributed by atoms with E-state index in [1.807, 2.05) is 4.90 Å². The zero-order chi connectivity index (χ0) is 21.9. The predicted octanol–water partition coefficient (Wildman–Crippen LogP) is 3.19. The number of rotatable bonds is 5. The van der Waals surface area contributed by atoms with Gasteiger partial charge in [0.05, 0.1) is 12.6 Å². The zero-order valence-electron chi connectivity index (χ0n) is 18.6. The maximum atomic E-state index is 12.8. The minimum Gasteiger partial charge on any atom is -0.326 e. The van der Waals surface area contributed by atoms with Gasteiger partial charge >= 0.3 is 0 Å². The van der Waals surface area contributed by atoms with Crippen LogP contribution in [0.2, 0.25) is 0 Å². The summed E-state index contributed by atoms with van der Waals surface area (Å²) in [5.74, 6) is 2.96. The third kappa shape index (κ3) is 3.08. The average Bonchev–Trinajstić information content (AvgIpc) is 3.55. The number of amides is 2. The van der Waals surface area contributed by atoms with E-state index in [2.05, 4.69) is 35.7 Å². The lowest BCUT2D eigenvalue weighted by molar-refractivity contribution is -0.130. The summed E-state index contributed by atoms with van der Waals surface area (Å²) in [5.41, 5.74) is 2.58. The molecule has 0 spiro atoms. The molecule has 1 aromatic carbocycles. The van der Waals surface area contributed by atoms with E-state index < -0.39 is 0 Å². The number of hydrogen-bond acceptors (Lipinski definition) is 4. The molecule has 4 bridgehead atoms. The molecule has 6 nitrogen and oxygen atoms in total. The highest BCUT2D eigenvalue weighted by atomic mass is 16.2. The van der Waals surface area contributed by atoms with Gasteiger partial charge in [-0.15, -0.1) is 0 Å². The highest BCUT2D eigenvalue weighted by Gasteiger charge is 2.61. The summed E-state index contributed by atoms with van der Waals surface area (Å²) in [7, 11) is 0. The maximum absolute atomic E-state index is 12.8. The molecule has 1 N–H and O–H groups in total. The van der Waals surface area contributed by atoms with Crippen molar-refractivity contribution in [1.29, 1.82) is 5.26 Å². The second-order valence-corrected chi connectivity index (χ2v) is 10.7. The van der Waals surface area contributed by atoms with Crippen LogP contribution in [-0.4, -0.2) is 47.9 Å². The van der Waals surface area contributed by atoms with Crippen molar-refractivity contribution < 1.29 is 9.59 Å². The molecular weight excluding hydrogens is 400 g/mol. The van der Waals surface area contributed by atoms with Crippen molar-refractivity contribution in [3.05, 3.63) is 29.8 Å². The van der Waals surface area contributed by atoms with Gasteiger partial charge in [0.1, 0.15) is 6.04 Å². The van der Waals surface area contributed by atoms with Gasteiger partial charge in [-0.2, -0.15) is 5.26 Å². The van der Waals surface area contributed by atoms with Gasteiger partial charge in [0.2, 0.25) is 11.8 Å². The average molecular weight is 433 g/mol. The van der Waals surface area contributed by atoms with Gasteiger partial charge in [-0.25, -0.2) is 0 Å².